The van der Waals surface area contributed by atoms with Gasteiger partial charge < -0.3 is 10.3 Å². The first-order valence-electron chi connectivity index (χ1n) is 6.64. The summed E-state index contributed by atoms with van der Waals surface area (Å²) in [6.07, 6.45) is 0. The summed E-state index contributed by atoms with van der Waals surface area (Å²) in [5.74, 6) is -0.286. The molecule has 3 aromatic rings. The van der Waals surface area contributed by atoms with Gasteiger partial charge >= 0.3 is 0 Å². The Morgan fingerprint density at radius 1 is 1.05 bits per heavy atom. The van der Waals surface area contributed by atoms with Crippen LogP contribution in [-0.4, -0.2) is 10.9 Å². The first-order valence-corrected chi connectivity index (χ1v) is 6.64. The Morgan fingerprint density at radius 2 is 1.76 bits per heavy atom. The summed E-state index contributed by atoms with van der Waals surface area (Å²) in [7, 11) is 0. The average molecular weight is 278 g/mol. The van der Waals surface area contributed by atoms with Crippen LogP contribution < -0.4 is 10.9 Å². The number of carbonyl (C=O) groups excluding carboxylic acids is 1. The average Bonchev–Trinajstić information content (AvgIpc) is 2.48. The summed E-state index contributed by atoms with van der Waals surface area (Å²) in [5.41, 5.74) is 2.45. The molecule has 21 heavy (non-hydrogen) atoms. The van der Waals surface area contributed by atoms with Crippen LogP contribution in [0.3, 0.4) is 0 Å². The van der Waals surface area contributed by atoms with Gasteiger partial charge in [0.1, 0.15) is 0 Å². The Balaban J connectivity index is 2.06. The van der Waals surface area contributed by atoms with Crippen LogP contribution in [0.25, 0.3) is 10.9 Å². The van der Waals surface area contributed by atoms with Crippen molar-refractivity contribution in [3.63, 3.8) is 0 Å². The predicted octanol–water partition coefficient (Wildman–Crippen LogP) is 3.09. The normalized spacial score (nSPS) is 10.5. The highest BCUT2D eigenvalue weighted by molar-refractivity contribution is 6.12. The number of aromatic nitrogens is 1. The monoisotopic (exact) mass is 278 g/mol. The number of nitrogens with one attached hydrogen (secondary N) is 2. The van der Waals surface area contributed by atoms with Gasteiger partial charge in [0, 0.05) is 22.7 Å². The van der Waals surface area contributed by atoms with Crippen LogP contribution in [0.1, 0.15) is 15.9 Å². The van der Waals surface area contributed by atoms with E-state index < -0.39 is 0 Å². The summed E-state index contributed by atoms with van der Waals surface area (Å²) in [5, 5.41) is 3.58. The van der Waals surface area contributed by atoms with Crippen molar-refractivity contribution < 1.29 is 4.79 Å². The second kappa shape index (κ2) is 5.25. The molecule has 3 rings (SSSR count). The minimum atomic E-state index is -0.288. The lowest BCUT2D eigenvalue weighted by molar-refractivity contribution is 0.102. The van der Waals surface area contributed by atoms with Crippen LogP contribution in [0.2, 0.25) is 0 Å². The quantitative estimate of drug-likeness (QED) is 0.756. The van der Waals surface area contributed by atoms with Gasteiger partial charge in [0.05, 0.1) is 5.56 Å². The SMILES string of the molecule is Cc1ccccc1NC(=O)c1cc(=O)[nH]c2ccccc12. The zero-order valence-electron chi connectivity index (χ0n) is 11.5. The fraction of sp³-hybridized carbons (Fsp3) is 0.0588. The number of fused-ring (bicyclic) bond motifs is 1. The second-order valence-corrected chi connectivity index (χ2v) is 4.86. The highest BCUT2D eigenvalue weighted by Crippen LogP contribution is 2.18. The Labute approximate surface area is 121 Å². The molecule has 0 bridgehead atoms. The van der Waals surface area contributed by atoms with Crippen LogP contribution in [0.5, 0.6) is 0 Å². The number of amides is 1. The minimum Gasteiger partial charge on any atom is -0.322 e. The predicted molar refractivity (Wildman–Crippen MR) is 83.7 cm³/mol. The lowest BCUT2D eigenvalue weighted by Crippen LogP contribution is -2.17. The number of pyridine rings is 1. The number of carbonyl (C=O) groups is 1. The molecule has 0 fully saturated rings. The molecule has 0 atom stereocenters. The fourth-order valence-corrected chi connectivity index (χ4v) is 2.30. The molecule has 0 saturated heterocycles. The van der Waals surface area contributed by atoms with E-state index >= 15 is 0 Å². The van der Waals surface area contributed by atoms with E-state index in [0.29, 0.717) is 11.1 Å². The number of aryl methyl sites for hydroxylation is 1. The summed E-state index contributed by atoms with van der Waals surface area (Å²) >= 11 is 0. The summed E-state index contributed by atoms with van der Waals surface area (Å²) in [4.78, 5) is 26.9. The van der Waals surface area contributed by atoms with Crippen molar-refractivity contribution >= 4 is 22.5 Å². The molecule has 104 valence electrons. The second-order valence-electron chi connectivity index (χ2n) is 4.86. The van der Waals surface area contributed by atoms with Crippen molar-refractivity contribution in [3.05, 3.63) is 76.1 Å². The molecule has 0 aliphatic heterocycles. The summed E-state index contributed by atoms with van der Waals surface area (Å²) < 4.78 is 0. The Morgan fingerprint density at radius 3 is 2.57 bits per heavy atom. The van der Waals surface area contributed by atoms with Gasteiger partial charge in [-0.2, -0.15) is 0 Å². The highest BCUT2D eigenvalue weighted by Gasteiger charge is 2.12. The Kier molecular flexibility index (Phi) is 3.28. The van der Waals surface area contributed by atoms with Crippen LogP contribution >= 0.6 is 0 Å². The molecular formula is C17H14N2O2. The van der Waals surface area contributed by atoms with Gasteiger partial charge in [0.15, 0.2) is 0 Å². The maximum Gasteiger partial charge on any atom is 0.256 e. The number of rotatable bonds is 2. The van der Waals surface area contributed by atoms with Gasteiger partial charge in [-0.25, -0.2) is 0 Å². The minimum absolute atomic E-state index is 0.286. The molecular weight excluding hydrogens is 264 g/mol. The number of benzene rings is 2. The molecule has 1 heterocycles. The van der Waals surface area contributed by atoms with Crippen molar-refractivity contribution in [3.8, 4) is 0 Å². The molecule has 0 saturated carbocycles. The molecule has 0 aliphatic carbocycles. The van der Waals surface area contributed by atoms with Gasteiger partial charge in [-0.3, -0.25) is 9.59 Å². The summed E-state index contributed by atoms with van der Waals surface area (Å²) in [6.45, 7) is 1.92. The number of hydrogen-bond donors (Lipinski definition) is 2. The smallest absolute Gasteiger partial charge is 0.256 e. The first kappa shape index (κ1) is 13.1. The molecule has 0 aliphatic rings. The van der Waals surface area contributed by atoms with E-state index in [9.17, 15) is 9.59 Å². The number of para-hydroxylation sites is 2. The molecule has 2 aromatic carbocycles. The summed E-state index contributed by atoms with van der Waals surface area (Å²) in [6, 6.07) is 16.1. The molecule has 0 spiro atoms. The fourth-order valence-electron chi connectivity index (χ4n) is 2.30. The maximum absolute atomic E-state index is 12.5. The zero-order chi connectivity index (χ0) is 14.8. The van der Waals surface area contributed by atoms with Crippen LogP contribution in [0.15, 0.2) is 59.4 Å². The zero-order valence-corrected chi connectivity index (χ0v) is 11.5. The third kappa shape index (κ3) is 2.56. The van der Waals surface area contributed by atoms with Crippen molar-refractivity contribution in [2.75, 3.05) is 5.32 Å². The van der Waals surface area contributed by atoms with Gasteiger partial charge in [-0.15, -0.1) is 0 Å². The van der Waals surface area contributed by atoms with E-state index in [-0.39, 0.29) is 11.5 Å². The first-order chi connectivity index (χ1) is 10.1. The van der Waals surface area contributed by atoms with E-state index in [1.807, 2.05) is 49.4 Å². The molecule has 0 unspecified atom stereocenters. The topological polar surface area (TPSA) is 62.0 Å². The lowest BCUT2D eigenvalue weighted by atomic mass is 10.1. The van der Waals surface area contributed by atoms with E-state index in [0.717, 1.165) is 16.6 Å². The van der Waals surface area contributed by atoms with Crippen LogP contribution in [0.4, 0.5) is 5.69 Å². The highest BCUT2D eigenvalue weighted by atomic mass is 16.2. The van der Waals surface area contributed by atoms with Gasteiger partial charge in [0.2, 0.25) is 5.56 Å². The van der Waals surface area contributed by atoms with Gasteiger partial charge in [-0.05, 0) is 24.6 Å². The van der Waals surface area contributed by atoms with E-state index in [2.05, 4.69) is 10.3 Å². The van der Waals surface area contributed by atoms with Gasteiger partial charge in [0.25, 0.3) is 5.91 Å². The Bertz CT molecular complexity index is 881. The molecule has 0 radical (unpaired) electrons. The van der Waals surface area contributed by atoms with E-state index in [4.69, 9.17) is 0 Å². The molecule has 1 amide bonds. The van der Waals surface area contributed by atoms with Crippen LogP contribution in [0, 0.1) is 6.92 Å². The number of H-pyrrole nitrogens is 1. The van der Waals surface area contributed by atoms with Crippen LogP contribution in [-0.2, 0) is 0 Å². The number of hydrogen-bond acceptors (Lipinski definition) is 2. The standard InChI is InChI=1S/C17H14N2O2/c1-11-6-2-4-8-14(11)19-17(21)13-10-16(20)18-15-9-5-3-7-12(13)15/h2-10H,1H3,(H,18,20)(H,19,21). The lowest BCUT2D eigenvalue weighted by Gasteiger charge is -2.09. The molecule has 1 aromatic heterocycles. The van der Waals surface area contributed by atoms with Crippen molar-refractivity contribution in [2.24, 2.45) is 0 Å². The maximum atomic E-state index is 12.5. The molecule has 4 nitrogen and oxygen atoms in total. The number of aromatic amines is 1. The largest absolute Gasteiger partial charge is 0.322 e. The van der Waals surface area contributed by atoms with Gasteiger partial charge in [-0.1, -0.05) is 36.4 Å². The third-order valence-electron chi connectivity index (χ3n) is 3.39. The van der Waals surface area contributed by atoms with Crippen molar-refractivity contribution in [2.45, 2.75) is 6.92 Å². The number of anilines is 1. The molecule has 4 heteroatoms. The van der Waals surface area contributed by atoms with Crippen molar-refractivity contribution in [1.82, 2.24) is 4.98 Å². The van der Waals surface area contributed by atoms with E-state index in [1.54, 1.807) is 6.07 Å². The molecule has 2 N–H and O–H groups in total. The third-order valence-corrected chi connectivity index (χ3v) is 3.39. The van der Waals surface area contributed by atoms with E-state index in [1.165, 1.54) is 6.07 Å². The Hall–Kier alpha value is -2.88. The van der Waals surface area contributed by atoms with Crippen molar-refractivity contribution in [1.29, 1.82) is 0 Å².